The van der Waals surface area contributed by atoms with E-state index in [1.165, 1.54) is 0 Å². The first-order valence-electron chi connectivity index (χ1n) is 4.91. The van der Waals surface area contributed by atoms with Crippen LogP contribution in [0.4, 0.5) is 5.69 Å². The molecular weight excluding hydrogens is 252 g/mol. The van der Waals surface area contributed by atoms with Crippen LogP contribution in [0.15, 0.2) is 27.7 Å². The largest absolute Gasteiger partial charge is 0.387 e. The van der Waals surface area contributed by atoms with Gasteiger partial charge in [-0.25, -0.2) is 4.99 Å². The molecule has 0 saturated carbocycles. The molecule has 0 amide bonds. The summed E-state index contributed by atoms with van der Waals surface area (Å²) in [5, 5.41) is 0. The molecule has 1 rings (SSSR count). The first-order valence-corrected chi connectivity index (χ1v) is 5.71. The van der Waals surface area contributed by atoms with Crippen LogP contribution in [-0.4, -0.2) is 5.84 Å². The van der Waals surface area contributed by atoms with Crippen LogP contribution in [0.1, 0.15) is 26.3 Å². The smallest absolute Gasteiger partial charge is 0.105 e. The molecule has 2 N–H and O–H groups in total. The van der Waals surface area contributed by atoms with E-state index in [0.717, 1.165) is 15.7 Å². The van der Waals surface area contributed by atoms with E-state index in [0.29, 0.717) is 5.84 Å². The zero-order chi connectivity index (χ0) is 11.6. The van der Waals surface area contributed by atoms with Gasteiger partial charge in [0.2, 0.25) is 0 Å². The lowest BCUT2D eigenvalue weighted by Gasteiger charge is -2.17. The summed E-state index contributed by atoms with van der Waals surface area (Å²) in [6, 6.07) is 5.98. The van der Waals surface area contributed by atoms with Gasteiger partial charge in [-0.1, -0.05) is 36.7 Å². The lowest BCUT2D eigenvalue weighted by atomic mass is 9.95. The van der Waals surface area contributed by atoms with Crippen molar-refractivity contribution >= 4 is 27.5 Å². The number of nitrogens with zero attached hydrogens (tertiary/aromatic N) is 1. The third-order valence-corrected chi connectivity index (χ3v) is 2.66. The highest BCUT2D eigenvalue weighted by Gasteiger charge is 2.15. The third-order valence-electron chi connectivity index (χ3n) is 2.17. The average Bonchev–Trinajstić information content (AvgIpc) is 2.08. The van der Waals surface area contributed by atoms with Crippen LogP contribution in [0.5, 0.6) is 0 Å². The Labute approximate surface area is 99.7 Å². The predicted molar refractivity (Wildman–Crippen MR) is 69.6 cm³/mol. The minimum absolute atomic E-state index is 0.0838. The molecule has 0 radical (unpaired) electrons. The molecule has 0 aromatic heterocycles. The van der Waals surface area contributed by atoms with E-state index < -0.39 is 0 Å². The molecule has 1 aromatic carbocycles. The van der Waals surface area contributed by atoms with E-state index in [1.54, 1.807) is 0 Å². The van der Waals surface area contributed by atoms with Gasteiger partial charge in [0, 0.05) is 9.89 Å². The molecule has 2 nitrogen and oxygen atoms in total. The molecule has 0 aliphatic carbocycles. The van der Waals surface area contributed by atoms with Gasteiger partial charge in [0.25, 0.3) is 0 Å². The zero-order valence-corrected chi connectivity index (χ0v) is 11.2. The van der Waals surface area contributed by atoms with Crippen LogP contribution in [0.25, 0.3) is 0 Å². The molecule has 0 spiro atoms. The topological polar surface area (TPSA) is 38.4 Å². The number of nitrogens with two attached hydrogens (primary N) is 1. The Balaban J connectivity index is 3.09. The fourth-order valence-electron chi connectivity index (χ4n) is 1.04. The van der Waals surface area contributed by atoms with E-state index >= 15 is 0 Å². The van der Waals surface area contributed by atoms with Crippen LogP contribution in [0, 0.1) is 12.3 Å². The van der Waals surface area contributed by atoms with Gasteiger partial charge in [-0.3, -0.25) is 0 Å². The van der Waals surface area contributed by atoms with Crippen LogP contribution in [-0.2, 0) is 0 Å². The Morgan fingerprint density at radius 3 is 2.40 bits per heavy atom. The number of hydrogen-bond acceptors (Lipinski definition) is 1. The fourth-order valence-corrected chi connectivity index (χ4v) is 1.52. The summed E-state index contributed by atoms with van der Waals surface area (Å²) in [7, 11) is 0. The number of hydrogen-bond donors (Lipinski definition) is 1. The maximum Gasteiger partial charge on any atom is 0.105 e. The summed E-state index contributed by atoms with van der Waals surface area (Å²) in [6.45, 7) is 8.19. The van der Waals surface area contributed by atoms with Gasteiger partial charge in [-0.05, 0) is 30.7 Å². The highest BCUT2D eigenvalue weighted by atomic mass is 79.9. The molecule has 0 aliphatic rings. The van der Waals surface area contributed by atoms with Crippen molar-refractivity contribution in [3.8, 4) is 0 Å². The molecule has 0 fully saturated rings. The Morgan fingerprint density at radius 1 is 1.33 bits per heavy atom. The van der Waals surface area contributed by atoms with E-state index in [4.69, 9.17) is 5.73 Å². The van der Waals surface area contributed by atoms with Crippen molar-refractivity contribution in [3.05, 3.63) is 28.2 Å². The van der Waals surface area contributed by atoms with Crippen molar-refractivity contribution in [2.45, 2.75) is 27.7 Å². The van der Waals surface area contributed by atoms with E-state index in [1.807, 2.05) is 25.1 Å². The second-order valence-electron chi connectivity index (χ2n) is 4.68. The van der Waals surface area contributed by atoms with Crippen molar-refractivity contribution < 1.29 is 0 Å². The molecule has 0 saturated heterocycles. The number of rotatable bonds is 1. The Morgan fingerprint density at radius 2 is 1.93 bits per heavy atom. The number of aryl methyl sites for hydroxylation is 1. The van der Waals surface area contributed by atoms with Crippen LogP contribution < -0.4 is 5.73 Å². The summed E-state index contributed by atoms with van der Waals surface area (Å²) in [6.07, 6.45) is 0. The minimum atomic E-state index is -0.0838. The molecule has 82 valence electrons. The summed E-state index contributed by atoms with van der Waals surface area (Å²) >= 11 is 3.42. The highest BCUT2D eigenvalue weighted by molar-refractivity contribution is 9.10. The van der Waals surface area contributed by atoms with Gasteiger partial charge in [-0.2, -0.15) is 0 Å². The SMILES string of the molecule is Cc1cc(Br)ccc1N=C(N)C(C)(C)C. The van der Waals surface area contributed by atoms with Gasteiger partial charge in [0.1, 0.15) is 5.84 Å². The standard InChI is InChI=1S/C12H17BrN2/c1-8-7-9(13)5-6-10(8)15-11(14)12(2,3)4/h5-7H,1-4H3,(H2,14,15). The maximum absolute atomic E-state index is 5.93. The van der Waals surface area contributed by atoms with Gasteiger partial charge in [0.05, 0.1) is 5.69 Å². The molecule has 0 atom stereocenters. The monoisotopic (exact) mass is 268 g/mol. The Bertz CT molecular complexity index is 389. The summed E-state index contributed by atoms with van der Waals surface area (Å²) in [5.41, 5.74) is 7.90. The van der Waals surface area contributed by atoms with Crippen molar-refractivity contribution in [1.29, 1.82) is 0 Å². The van der Waals surface area contributed by atoms with Crippen LogP contribution in [0.2, 0.25) is 0 Å². The second kappa shape index (κ2) is 4.35. The molecule has 0 heterocycles. The van der Waals surface area contributed by atoms with Gasteiger partial charge in [0.15, 0.2) is 0 Å². The molecule has 0 unspecified atom stereocenters. The quantitative estimate of drug-likeness (QED) is 0.611. The van der Waals surface area contributed by atoms with Gasteiger partial charge in [-0.15, -0.1) is 0 Å². The molecule has 15 heavy (non-hydrogen) atoms. The number of halogens is 1. The molecule has 0 aliphatic heterocycles. The molecule has 3 heteroatoms. The van der Waals surface area contributed by atoms with E-state index in [-0.39, 0.29) is 5.41 Å². The normalized spacial score (nSPS) is 13.0. The summed E-state index contributed by atoms with van der Waals surface area (Å²) < 4.78 is 1.06. The Hall–Kier alpha value is -0.830. The number of aliphatic imine (C=N–C) groups is 1. The van der Waals surface area contributed by atoms with Crippen molar-refractivity contribution in [3.63, 3.8) is 0 Å². The van der Waals surface area contributed by atoms with Gasteiger partial charge < -0.3 is 5.73 Å². The van der Waals surface area contributed by atoms with Gasteiger partial charge >= 0.3 is 0 Å². The van der Waals surface area contributed by atoms with Crippen molar-refractivity contribution in [2.75, 3.05) is 0 Å². The summed E-state index contributed by atoms with van der Waals surface area (Å²) in [4.78, 5) is 4.44. The first kappa shape index (κ1) is 12.2. The lowest BCUT2D eigenvalue weighted by molar-refractivity contribution is 0.585. The number of benzene rings is 1. The highest BCUT2D eigenvalue weighted by Crippen LogP contribution is 2.24. The lowest BCUT2D eigenvalue weighted by Crippen LogP contribution is -2.28. The molecule has 0 bridgehead atoms. The second-order valence-corrected chi connectivity index (χ2v) is 5.59. The van der Waals surface area contributed by atoms with E-state index in [2.05, 4.69) is 41.7 Å². The first-order chi connectivity index (χ1) is 6.80. The predicted octanol–water partition coefficient (Wildman–Crippen LogP) is 3.79. The maximum atomic E-state index is 5.93. The Kier molecular flexibility index (Phi) is 3.55. The minimum Gasteiger partial charge on any atom is -0.387 e. The van der Waals surface area contributed by atoms with Crippen LogP contribution in [0.3, 0.4) is 0 Å². The summed E-state index contributed by atoms with van der Waals surface area (Å²) in [5.74, 6) is 0.660. The zero-order valence-electron chi connectivity index (χ0n) is 9.63. The number of amidine groups is 1. The van der Waals surface area contributed by atoms with Crippen molar-refractivity contribution in [1.82, 2.24) is 0 Å². The van der Waals surface area contributed by atoms with E-state index in [9.17, 15) is 0 Å². The third kappa shape index (κ3) is 3.34. The molecular formula is C12H17BrN2. The van der Waals surface area contributed by atoms with Crippen molar-refractivity contribution in [2.24, 2.45) is 16.1 Å². The fraction of sp³-hybridized carbons (Fsp3) is 0.417. The average molecular weight is 269 g/mol. The van der Waals surface area contributed by atoms with Crippen LogP contribution >= 0.6 is 15.9 Å². The molecule has 1 aromatic rings.